The van der Waals surface area contributed by atoms with Crippen molar-refractivity contribution in [3.05, 3.63) is 124 Å². The first-order valence-corrected chi connectivity index (χ1v) is 14.4. The third-order valence-electron chi connectivity index (χ3n) is 6.72. The van der Waals surface area contributed by atoms with Gasteiger partial charge >= 0.3 is 0 Å². The molecule has 0 saturated carbocycles. The number of carbonyl (C=O) groups excluding carboxylic acids is 2. The Kier molecular flexibility index (Phi) is 7.58. The van der Waals surface area contributed by atoms with Crippen LogP contribution in [0.15, 0.2) is 113 Å². The standard InChI is InChI=1S/C33H24BrNO4S/c34-26-15-16-29(39-21-24-11-5-9-22-7-1-3-12-27(22)24)25(19-26)20-31-32(36)35(33(37)40-31)17-18-38-30-14-6-10-23-8-2-4-13-28(23)30/h1-16,19-20H,17-18,21H2/b31-20-. The third kappa shape index (κ3) is 5.48. The molecular weight excluding hydrogens is 586 g/mol. The molecule has 0 aromatic heterocycles. The minimum Gasteiger partial charge on any atom is -0.491 e. The summed E-state index contributed by atoms with van der Waals surface area (Å²) in [6.45, 7) is 0.737. The minimum absolute atomic E-state index is 0.161. The van der Waals surface area contributed by atoms with E-state index in [4.69, 9.17) is 9.47 Å². The molecule has 0 radical (unpaired) electrons. The molecule has 40 heavy (non-hydrogen) atoms. The number of imide groups is 1. The lowest BCUT2D eigenvalue weighted by atomic mass is 10.1. The Morgan fingerprint density at radius 2 is 1.45 bits per heavy atom. The van der Waals surface area contributed by atoms with Gasteiger partial charge in [-0.1, -0.05) is 94.8 Å². The average Bonchev–Trinajstić information content (AvgIpc) is 3.24. The molecular formula is C33H24BrNO4S. The molecule has 5 aromatic carbocycles. The van der Waals surface area contributed by atoms with Gasteiger partial charge in [-0.3, -0.25) is 14.5 Å². The molecule has 1 saturated heterocycles. The first-order chi connectivity index (χ1) is 19.6. The Morgan fingerprint density at radius 1 is 0.750 bits per heavy atom. The number of hydrogen-bond acceptors (Lipinski definition) is 5. The van der Waals surface area contributed by atoms with Crippen LogP contribution in [0, 0.1) is 0 Å². The van der Waals surface area contributed by atoms with Crippen LogP contribution in [0.2, 0.25) is 0 Å². The van der Waals surface area contributed by atoms with E-state index in [-0.39, 0.29) is 24.3 Å². The number of benzene rings is 5. The lowest BCUT2D eigenvalue weighted by molar-refractivity contribution is -0.123. The molecule has 0 atom stereocenters. The molecule has 0 unspecified atom stereocenters. The normalized spacial score (nSPS) is 14.4. The molecule has 198 valence electrons. The number of hydrogen-bond donors (Lipinski definition) is 0. The smallest absolute Gasteiger partial charge is 0.293 e. The Labute approximate surface area is 244 Å². The molecule has 1 aliphatic heterocycles. The monoisotopic (exact) mass is 609 g/mol. The van der Waals surface area contributed by atoms with E-state index >= 15 is 0 Å². The number of carbonyl (C=O) groups is 2. The van der Waals surface area contributed by atoms with Crippen molar-refractivity contribution in [1.29, 1.82) is 0 Å². The largest absolute Gasteiger partial charge is 0.491 e. The quantitative estimate of drug-likeness (QED) is 0.165. The molecule has 1 fully saturated rings. The second-order valence-electron chi connectivity index (χ2n) is 9.27. The molecule has 2 amide bonds. The minimum atomic E-state index is -0.337. The Balaban J connectivity index is 1.16. The lowest BCUT2D eigenvalue weighted by Gasteiger charge is -2.14. The molecule has 5 aromatic rings. The van der Waals surface area contributed by atoms with E-state index in [1.165, 1.54) is 4.90 Å². The molecule has 0 aliphatic carbocycles. The number of ether oxygens (including phenoxy) is 2. The molecule has 7 heteroatoms. The SMILES string of the molecule is O=C1S/C(=C\c2cc(Br)ccc2OCc2cccc3ccccc23)C(=O)N1CCOc1cccc2ccccc12. The van der Waals surface area contributed by atoms with Crippen molar-refractivity contribution in [2.24, 2.45) is 0 Å². The van der Waals surface area contributed by atoms with Gasteiger partial charge in [0.15, 0.2) is 0 Å². The lowest BCUT2D eigenvalue weighted by Crippen LogP contribution is -2.32. The summed E-state index contributed by atoms with van der Waals surface area (Å²) < 4.78 is 13.0. The molecule has 5 nitrogen and oxygen atoms in total. The molecule has 0 spiro atoms. The molecule has 1 heterocycles. The fourth-order valence-corrected chi connectivity index (χ4v) is 5.97. The fourth-order valence-electron chi connectivity index (χ4n) is 4.74. The van der Waals surface area contributed by atoms with Gasteiger partial charge < -0.3 is 9.47 Å². The summed E-state index contributed by atoms with van der Waals surface area (Å²) in [5, 5.41) is 4.03. The van der Waals surface area contributed by atoms with Gasteiger partial charge in [0.2, 0.25) is 0 Å². The summed E-state index contributed by atoms with van der Waals surface area (Å²) in [5.41, 5.74) is 1.78. The summed E-state index contributed by atoms with van der Waals surface area (Å²) in [6.07, 6.45) is 1.72. The van der Waals surface area contributed by atoms with Crippen molar-refractivity contribution in [1.82, 2.24) is 4.90 Å². The van der Waals surface area contributed by atoms with E-state index in [2.05, 4.69) is 34.1 Å². The predicted molar refractivity (Wildman–Crippen MR) is 165 cm³/mol. The summed E-state index contributed by atoms with van der Waals surface area (Å²) in [6, 6.07) is 33.8. The number of amides is 2. The third-order valence-corrected chi connectivity index (χ3v) is 8.12. The highest BCUT2D eigenvalue weighted by molar-refractivity contribution is 9.10. The van der Waals surface area contributed by atoms with Crippen molar-refractivity contribution in [2.75, 3.05) is 13.2 Å². The van der Waals surface area contributed by atoms with Gasteiger partial charge in [0.1, 0.15) is 24.7 Å². The number of halogens is 1. The first-order valence-electron chi connectivity index (χ1n) is 12.8. The van der Waals surface area contributed by atoms with Crippen LogP contribution in [0.5, 0.6) is 11.5 Å². The molecule has 0 bridgehead atoms. The first kappa shape index (κ1) is 26.2. The number of fused-ring (bicyclic) bond motifs is 2. The number of rotatable bonds is 8. The predicted octanol–water partition coefficient (Wildman–Crippen LogP) is 8.45. The van der Waals surface area contributed by atoms with Crippen LogP contribution >= 0.6 is 27.7 Å². The van der Waals surface area contributed by atoms with Crippen LogP contribution < -0.4 is 9.47 Å². The van der Waals surface area contributed by atoms with Crippen LogP contribution in [-0.2, 0) is 11.4 Å². The highest BCUT2D eigenvalue weighted by atomic mass is 79.9. The van der Waals surface area contributed by atoms with Crippen molar-refractivity contribution in [3.8, 4) is 11.5 Å². The fraction of sp³-hybridized carbons (Fsp3) is 0.0909. The molecule has 6 rings (SSSR count). The van der Waals surface area contributed by atoms with Crippen LogP contribution in [0.1, 0.15) is 11.1 Å². The van der Waals surface area contributed by atoms with Crippen LogP contribution in [0.4, 0.5) is 4.79 Å². The maximum absolute atomic E-state index is 13.2. The van der Waals surface area contributed by atoms with Crippen LogP contribution in [0.25, 0.3) is 27.6 Å². The Hall–Kier alpha value is -4.07. The summed E-state index contributed by atoms with van der Waals surface area (Å²) in [7, 11) is 0. The van der Waals surface area contributed by atoms with Gasteiger partial charge in [-0.15, -0.1) is 0 Å². The maximum atomic E-state index is 13.2. The zero-order chi connectivity index (χ0) is 27.5. The topological polar surface area (TPSA) is 55.8 Å². The van der Waals surface area contributed by atoms with Gasteiger partial charge in [0.25, 0.3) is 11.1 Å². The van der Waals surface area contributed by atoms with E-state index in [0.717, 1.165) is 49.1 Å². The van der Waals surface area contributed by atoms with Gasteiger partial charge in [-0.05, 0) is 63.8 Å². The van der Waals surface area contributed by atoms with Crippen molar-refractivity contribution in [3.63, 3.8) is 0 Å². The molecule has 1 aliphatic rings. The molecule has 0 N–H and O–H groups in total. The highest BCUT2D eigenvalue weighted by Crippen LogP contribution is 2.35. The summed E-state index contributed by atoms with van der Waals surface area (Å²) >= 11 is 4.44. The van der Waals surface area contributed by atoms with Gasteiger partial charge in [-0.2, -0.15) is 0 Å². The van der Waals surface area contributed by atoms with Crippen molar-refractivity contribution in [2.45, 2.75) is 6.61 Å². The van der Waals surface area contributed by atoms with Gasteiger partial charge in [-0.25, -0.2) is 0 Å². The number of thioether (sulfide) groups is 1. The maximum Gasteiger partial charge on any atom is 0.293 e. The Bertz CT molecular complexity index is 1770. The van der Waals surface area contributed by atoms with Gasteiger partial charge in [0.05, 0.1) is 11.4 Å². The summed E-state index contributed by atoms with van der Waals surface area (Å²) in [5.74, 6) is 1.02. The second-order valence-corrected chi connectivity index (χ2v) is 11.2. The average molecular weight is 611 g/mol. The van der Waals surface area contributed by atoms with Crippen molar-refractivity contribution < 1.29 is 19.1 Å². The van der Waals surface area contributed by atoms with E-state index in [9.17, 15) is 9.59 Å². The van der Waals surface area contributed by atoms with E-state index < -0.39 is 0 Å². The Morgan fingerprint density at radius 3 is 2.27 bits per heavy atom. The number of nitrogens with zero attached hydrogens (tertiary/aromatic N) is 1. The van der Waals surface area contributed by atoms with Gasteiger partial charge in [0, 0.05) is 15.4 Å². The second kappa shape index (κ2) is 11.6. The van der Waals surface area contributed by atoms with Crippen LogP contribution in [0.3, 0.4) is 0 Å². The van der Waals surface area contributed by atoms with Crippen molar-refractivity contribution >= 4 is 66.5 Å². The van der Waals surface area contributed by atoms with Crippen LogP contribution in [-0.4, -0.2) is 29.2 Å². The van der Waals surface area contributed by atoms with E-state index in [1.807, 2.05) is 84.9 Å². The summed E-state index contributed by atoms with van der Waals surface area (Å²) in [4.78, 5) is 27.5. The van der Waals surface area contributed by atoms with E-state index in [1.54, 1.807) is 6.08 Å². The zero-order valence-corrected chi connectivity index (χ0v) is 23.8. The zero-order valence-electron chi connectivity index (χ0n) is 21.4. The van der Waals surface area contributed by atoms with E-state index in [0.29, 0.717) is 22.8 Å². The highest BCUT2D eigenvalue weighted by Gasteiger charge is 2.35.